The second-order valence-corrected chi connectivity index (χ2v) is 5.44. The summed E-state index contributed by atoms with van der Waals surface area (Å²) < 4.78 is 11.4. The molecule has 3 rings (SSSR count). The van der Waals surface area contributed by atoms with Gasteiger partial charge in [-0.1, -0.05) is 30.3 Å². The molecule has 1 saturated heterocycles. The molecular weight excluding hydrogens is 266 g/mol. The zero-order chi connectivity index (χ0) is 14.5. The van der Waals surface area contributed by atoms with Crippen molar-refractivity contribution < 1.29 is 14.3 Å². The summed E-state index contributed by atoms with van der Waals surface area (Å²) in [5.41, 5.74) is 1.31. The number of nitrogens with zero attached hydrogens (tertiary/aromatic N) is 1. The van der Waals surface area contributed by atoms with Crippen molar-refractivity contribution in [1.29, 1.82) is 0 Å². The maximum atomic E-state index is 9.04. The molecule has 1 aliphatic rings. The molecule has 0 unspecified atom stereocenters. The van der Waals surface area contributed by atoms with Gasteiger partial charge in [0.05, 0.1) is 19.3 Å². The Morgan fingerprint density at radius 3 is 2.67 bits per heavy atom. The molecule has 1 aromatic heterocycles. The van der Waals surface area contributed by atoms with Gasteiger partial charge >= 0.3 is 0 Å². The number of hydrogen-bond donors (Lipinski definition) is 1. The number of aliphatic hydroxyl groups is 1. The van der Waals surface area contributed by atoms with E-state index >= 15 is 0 Å². The van der Waals surface area contributed by atoms with Crippen molar-refractivity contribution in [2.24, 2.45) is 0 Å². The van der Waals surface area contributed by atoms with Crippen LogP contribution < -0.4 is 0 Å². The van der Waals surface area contributed by atoms with Crippen molar-refractivity contribution in [2.45, 2.75) is 25.7 Å². The normalized spacial score (nSPS) is 19.8. The number of hydrogen-bond acceptors (Lipinski definition) is 4. The average Bonchev–Trinajstić information content (AvgIpc) is 2.96. The molecule has 0 saturated carbocycles. The van der Waals surface area contributed by atoms with E-state index in [0.717, 1.165) is 38.4 Å². The number of ether oxygens (including phenoxy) is 1. The monoisotopic (exact) mass is 287 g/mol. The standard InChI is InChI=1S/C17H21NO3/c19-13-16-7-6-15(21-16)11-18-8-9-20-17(12-18)10-14-4-2-1-3-5-14/h1-7,17,19H,8-13H2/t17-/m0/s1. The Morgan fingerprint density at radius 1 is 1.10 bits per heavy atom. The van der Waals surface area contributed by atoms with E-state index in [-0.39, 0.29) is 12.7 Å². The first-order chi connectivity index (χ1) is 10.3. The Hall–Kier alpha value is -1.62. The van der Waals surface area contributed by atoms with E-state index in [1.165, 1.54) is 5.56 Å². The molecule has 1 fully saturated rings. The van der Waals surface area contributed by atoms with Crippen LogP contribution >= 0.6 is 0 Å². The molecule has 0 amide bonds. The number of morpholine rings is 1. The third-order valence-corrected chi connectivity index (χ3v) is 3.78. The van der Waals surface area contributed by atoms with Gasteiger partial charge in [0.25, 0.3) is 0 Å². The molecule has 1 aromatic carbocycles. The molecule has 112 valence electrons. The van der Waals surface area contributed by atoms with Crippen LogP contribution in [-0.2, 0) is 24.3 Å². The first-order valence-electron chi connectivity index (χ1n) is 7.40. The van der Waals surface area contributed by atoms with Gasteiger partial charge in [0, 0.05) is 13.1 Å². The molecule has 2 aromatic rings. The first-order valence-corrected chi connectivity index (χ1v) is 7.40. The summed E-state index contributed by atoms with van der Waals surface area (Å²) >= 11 is 0. The van der Waals surface area contributed by atoms with Crippen molar-refractivity contribution in [3.05, 3.63) is 59.5 Å². The molecule has 0 radical (unpaired) electrons. The predicted molar refractivity (Wildman–Crippen MR) is 79.8 cm³/mol. The molecular formula is C17H21NO3. The summed E-state index contributed by atoms with van der Waals surface area (Å²) in [6.45, 7) is 3.31. The number of furan rings is 1. The Kier molecular flexibility index (Phi) is 4.70. The van der Waals surface area contributed by atoms with E-state index in [4.69, 9.17) is 14.3 Å². The fourth-order valence-electron chi connectivity index (χ4n) is 2.74. The van der Waals surface area contributed by atoms with Crippen molar-refractivity contribution in [2.75, 3.05) is 19.7 Å². The van der Waals surface area contributed by atoms with Crippen LogP contribution in [0.4, 0.5) is 0 Å². The lowest BCUT2D eigenvalue weighted by molar-refractivity contribution is -0.0323. The van der Waals surface area contributed by atoms with Crippen molar-refractivity contribution in [3.63, 3.8) is 0 Å². The topological polar surface area (TPSA) is 45.8 Å². The smallest absolute Gasteiger partial charge is 0.129 e. The van der Waals surface area contributed by atoms with E-state index in [9.17, 15) is 0 Å². The summed E-state index contributed by atoms with van der Waals surface area (Å²) in [5, 5.41) is 9.04. The molecule has 0 aliphatic carbocycles. The lowest BCUT2D eigenvalue weighted by atomic mass is 10.1. The third kappa shape index (κ3) is 3.94. The number of aliphatic hydroxyl groups excluding tert-OH is 1. The quantitative estimate of drug-likeness (QED) is 0.916. The molecule has 0 spiro atoms. The van der Waals surface area contributed by atoms with E-state index in [1.54, 1.807) is 0 Å². The maximum Gasteiger partial charge on any atom is 0.129 e. The van der Waals surface area contributed by atoms with Crippen molar-refractivity contribution >= 4 is 0 Å². The fraction of sp³-hybridized carbons (Fsp3) is 0.412. The van der Waals surface area contributed by atoms with Gasteiger partial charge in [-0.25, -0.2) is 0 Å². The second kappa shape index (κ2) is 6.89. The van der Waals surface area contributed by atoms with Crippen molar-refractivity contribution in [1.82, 2.24) is 4.90 Å². The van der Waals surface area contributed by atoms with Gasteiger partial charge in [0.15, 0.2) is 0 Å². The average molecular weight is 287 g/mol. The highest BCUT2D eigenvalue weighted by Crippen LogP contribution is 2.16. The molecule has 21 heavy (non-hydrogen) atoms. The number of benzene rings is 1. The minimum atomic E-state index is -0.0419. The lowest BCUT2D eigenvalue weighted by Gasteiger charge is -2.32. The van der Waals surface area contributed by atoms with Gasteiger partial charge in [-0.15, -0.1) is 0 Å². The SMILES string of the molecule is OCc1ccc(CN2CCO[C@@H](Cc3ccccc3)C2)o1. The van der Waals surface area contributed by atoms with Crippen LogP contribution in [0.15, 0.2) is 46.9 Å². The maximum absolute atomic E-state index is 9.04. The zero-order valence-electron chi connectivity index (χ0n) is 12.1. The summed E-state index contributed by atoms with van der Waals surface area (Å²) in [4.78, 5) is 2.34. The van der Waals surface area contributed by atoms with Gasteiger partial charge in [0.1, 0.15) is 18.1 Å². The van der Waals surface area contributed by atoms with Crippen LogP contribution in [0.2, 0.25) is 0 Å². The highest BCUT2D eigenvalue weighted by atomic mass is 16.5. The molecule has 0 bridgehead atoms. The minimum Gasteiger partial charge on any atom is -0.462 e. The lowest BCUT2D eigenvalue weighted by Crippen LogP contribution is -2.42. The minimum absolute atomic E-state index is 0.0419. The van der Waals surface area contributed by atoms with E-state index < -0.39 is 0 Å². The molecule has 1 N–H and O–H groups in total. The summed E-state index contributed by atoms with van der Waals surface area (Å²) in [6, 6.07) is 14.2. The number of rotatable bonds is 5. The van der Waals surface area contributed by atoms with Crippen LogP contribution in [-0.4, -0.2) is 35.8 Å². The van der Waals surface area contributed by atoms with E-state index in [0.29, 0.717) is 5.76 Å². The summed E-state index contributed by atoms with van der Waals surface area (Å²) in [5.74, 6) is 1.53. The second-order valence-electron chi connectivity index (χ2n) is 5.44. The van der Waals surface area contributed by atoms with Gasteiger partial charge in [-0.2, -0.15) is 0 Å². The fourth-order valence-corrected chi connectivity index (χ4v) is 2.74. The zero-order valence-corrected chi connectivity index (χ0v) is 12.1. The summed E-state index contributed by atoms with van der Waals surface area (Å²) in [7, 11) is 0. The van der Waals surface area contributed by atoms with E-state index in [1.807, 2.05) is 18.2 Å². The van der Waals surface area contributed by atoms with E-state index in [2.05, 4.69) is 29.2 Å². The predicted octanol–water partition coefficient (Wildman–Crippen LogP) is 2.22. The molecule has 4 nitrogen and oxygen atoms in total. The highest BCUT2D eigenvalue weighted by molar-refractivity contribution is 5.15. The van der Waals surface area contributed by atoms with Crippen LogP contribution in [0, 0.1) is 0 Å². The Bertz CT molecular complexity index is 552. The molecule has 2 heterocycles. The third-order valence-electron chi connectivity index (χ3n) is 3.78. The molecule has 1 atom stereocenters. The van der Waals surface area contributed by atoms with Gasteiger partial charge < -0.3 is 14.3 Å². The van der Waals surface area contributed by atoms with Crippen LogP contribution in [0.25, 0.3) is 0 Å². The molecule has 1 aliphatic heterocycles. The summed E-state index contributed by atoms with van der Waals surface area (Å²) in [6.07, 6.45) is 1.17. The van der Waals surface area contributed by atoms with Gasteiger partial charge in [-0.05, 0) is 24.1 Å². The van der Waals surface area contributed by atoms with Crippen LogP contribution in [0.5, 0.6) is 0 Å². The Balaban J connectivity index is 1.55. The highest BCUT2D eigenvalue weighted by Gasteiger charge is 2.21. The van der Waals surface area contributed by atoms with Gasteiger partial charge in [0.2, 0.25) is 0 Å². The van der Waals surface area contributed by atoms with Crippen LogP contribution in [0.1, 0.15) is 17.1 Å². The Labute approximate surface area is 124 Å². The van der Waals surface area contributed by atoms with Crippen LogP contribution in [0.3, 0.4) is 0 Å². The first kappa shape index (κ1) is 14.3. The Morgan fingerprint density at radius 2 is 1.90 bits per heavy atom. The largest absolute Gasteiger partial charge is 0.462 e. The van der Waals surface area contributed by atoms with Crippen molar-refractivity contribution in [3.8, 4) is 0 Å². The van der Waals surface area contributed by atoms with Gasteiger partial charge in [-0.3, -0.25) is 4.90 Å². The molecule has 4 heteroatoms.